The highest BCUT2D eigenvalue weighted by Gasteiger charge is 2.17. The van der Waals surface area contributed by atoms with Crippen LogP contribution in [0, 0.1) is 0 Å². The van der Waals surface area contributed by atoms with E-state index in [0.717, 1.165) is 13.1 Å². The Balaban J connectivity index is 1.92. The summed E-state index contributed by atoms with van der Waals surface area (Å²) in [5, 5.41) is 13.6. The molecule has 0 bridgehead atoms. The molecule has 1 N–H and O–H groups in total. The second-order valence-corrected chi connectivity index (χ2v) is 4.70. The molecule has 1 aliphatic heterocycles. The average Bonchev–Trinajstić information content (AvgIpc) is 2.64. The van der Waals surface area contributed by atoms with Gasteiger partial charge in [0.2, 0.25) is 5.89 Å². The van der Waals surface area contributed by atoms with E-state index >= 15 is 0 Å². The molecule has 18 heavy (non-hydrogen) atoms. The number of aliphatic hydroxyl groups excluding tert-OH is 1. The molecular weight excluding hydrogens is 234 g/mol. The molecular formula is C12H21N3O3. The standard InChI is InChI=1S/C12H21N3O3/c1-17-9-10(16)8-11-13-12(14-18-11)15-6-4-2-3-5-7-15/h10,16H,2-9H2,1H3. The Bertz CT molecular complexity index is 348. The fourth-order valence-electron chi connectivity index (χ4n) is 2.18. The van der Waals surface area contributed by atoms with Crippen LogP contribution in [0.15, 0.2) is 4.52 Å². The molecule has 0 spiro atoms. The summed E-state index contributed by atoms with van der Waals surface area (Å²) in [6, 6.07) is 0. The minimum absolute atomic E-state index is 0.279. The lowest BCUT2D eigenvalue weighted by Gasteiger charge is -2.16. The van der Waals surface area contributed by atoms with Crippen molar-refractivity contribution >= 4 is 5.95 Å². The van der Waals surface area contributed by atoms with Crippen LogP contribution in [-0.2, 0) is 11.2 Å². The first-order valence-electron chi connectivity index (χ1n) is 6.54. The smallest absolute Gasteiger partial charge is 0.266 e. The topological polar surface area (TPSA) is 71.6 Å². The van der Waals surface area contributed by atoms with Crippen molar-refractivity contribution in [3.63, 3.8) is 0 Å². The Morgan fingerprint density at radius 1 is 1.33 bits per heavy atom. The summed E-state index contributed by atoms with van der Waals surface area (Å²) in [6.07, 6.45) is 4.65. The van der Waals surface area contributed by atoms with E-state index in [1.54, 1.807) is 7.11 Å². The fraction of sp³-hybridized carbons (Fsp3) is 0.833. The number of anilines is 1. The monoisotopic (exact) mass is 255 g/mol. The fourth-order valence-corrected chi connectivity index (χ4v) is 2.18. The summed E-state index contributed by atoms with van der Waals surface area (Å²) < 4.78 is 10.0. The van der Waals surface area contributed by atoms with E-state index in [1.807, 2.05) is 0 Å². The molecule has 1 saturated heterocycles. The van der Waals surface area contributed by atoms with Crippen LogP contribution >= 0.6 is 0 Å². The van der Waals surface area contributed by atoms with Crippen molar-refractivity contribution in [3.05, 3.63) is 5.89 Å². The molecule has 0 aliphatic carbocycles. The minimum atomic E-state index is -0.590. The van der Waals surface area contributed by atoms with Crippen LogP contribution in [0.2, 0.25) is 0 Å². The molecule has 2 heterocycles. The molecule has 1 unspecified atom stereocenters. The quantitative estimate of drug-likeness (QED) is 0.846. The van der Waals surface area contributed by atoms with Crippen molar-refractivity contribution in [2.75, 3.05) is 31.7 Å². The van der Waals surface area contributed by atoms with Gasteiger partial charge in [-0.2, -0.15) is 4.98 Å². The predicted molar refractivity (Wildman–Crippen MR) is 66.6 cm³/mol. The third kappa shape index (κ3) is 3.68. The van der Waals surface area contributed by atoms with E-state index in [4.69, 9.17) is 9.26 Å². The molecule has 2 rings (SSSR count). The van der Waals surface area contributed by atoms with Crippen molar-refractivity contribution in [1.82, 2.24) is 10.1 Å². The van der Waals surface area contributed by atoms with Crippen LogP contribution in [-0.4, -0.2) is 48.2 Å². The Kier molecular flexibility index (Phi) is 4.95. The Labute approximate surface area is 107 Å². The van der Waals surface area contributed by atoms with Gasteiger partial charge < -0.3 is 19.3 Å². The molecule has 1 fully saturated rings. The van der Waals surface area contributed by atoms with Gasteiger partial charge in [0.15, 0.2) is 0 Å². The van der Waals surface area contributed by atoms with Gasteiger partial charge in [0.25, 0.3) is 5.95 Å². The van der Waals surface area contributed by atoms with E-state index < -0.39 is 6.10 Å². The summed E-state index contributed by atoms with van der Waals surface area (Å²) in [5.74, 6) is 1.12. The van der Waals surface area contributed by atoms with Crippen LogP contribution in [0.25, 0.3) is 0 Å². The van der Waals surface area contributed by atoms with Crippen molar-refractivity contribution in [3.8, 4) is 0 Å². The number of methoxy groups -OCH3 is 1. The van der Waals surface area contributed by atoms with Crippen molar-refractivity contribution < 1.29 is 14.4 Å². The highest BCUT2D eigenvalue weighted by molar-refractivity contribution is 5.27. The van der Waals surface area contributed by atoms with Gasteiger partial charge in [-0.15, -0.1) is 0 Å². The lowest BCUT2D eigenvalue weighted by molar-refractivity contribution is 0.0599. The van der Waals surface area contributed by atoms with Crippen molar-refractivity contribution in [2.45, 2.75) is 38.2 Å². The molecule has 0 amide bonds. The zero-order valence-corrected chi connectivity index (χ0v) is 10.8. The number of hydrogen-bond acceptors (Lipinski definition) is 6. The van der Waals surface area contributed by atoms with E-state index in [0.29, 0.717) is 18.3 Å². The number of aromatic nitrogens is 2. The maximum Gasteiger partial charge on any atom is 0.266 e. The molecule has 1 aliphatic rings. The Morgan fingerprint density at radius 3 is 2.72 bits per heavy atom. The maximum atomic E-state index is 9.60. The van der Waals surface area contributed by atoms with Crippen LogP contribution in [0.4, 0.5) is 5.95 Å². The first-order valence-corrected chi connectivity index (χ1v) is 6.54. The Hall–Kier alpha value is -1.14. The molecule has 6 heteroatoms. The van der Waals surface area contributed by atoms with Gasteiger partial charge in [0.05, 0.1) is 19.1 Å². The second kappa shape index (κ2) is 6.70. The number of aliphatic hydroxyl groups is 1. The Morgan fingerprint density at radius 2 is 2.06 bits per heavy atom. The highest BCUT2D eigenvalue weighted by atomic mass is 16.5. The molecule has 6 nitrogen and oxygen atoms in total. The van der Waals surface area contributed by atoms with Crippen LogP contribution < -0.4 is 4.90 Å². The normalized spacial score (nSPS) is 18.7. The largest absolute Gasteiger partial charge is 0.390 e. The average molecular weight is 255 g/mol. The summed E-state index contributed by atoms with van der Waals surface area (Å²) in [4.78, 5) is 6.49. The zero-order valence-electron chi connectivity index (χ0n) is 10.8. The SMILES string of the molecule is COCC(O)Cc1nc(N2CCCCCC2)no1. The molecule has 0 aromatic carbocycles. The molecule has 0 radical (unpaired) electrons. The van der Waals surface area contributed by atoms with Gasteiger partial charge in [0.1, 0.15) is 0 Å². The molecule has 102 valence electrons. The lowest BCUT2D eigenvalue weighted by atomic mass is 10.2. The first-order chi connectivity index (χ1) is 8.79. The predicted octanol–water partition coefficient (Wildman–Crippen LogP) is 1.000. The van der Waals surface area contributed by atoms with E-state index in [9.17, 15) is 5.11 Å². The molecule has 1 aromatic heterocycles. The van der Waals surface area contributed by atoms with Gasteiger partial charge >= 0.3 is 0 Å². The number of hydrogen-bond donors (Lipinski definition) is 1. The first kappa shape index (κ1) is 13.3. The summed E-state index contributed by atoms with van der Waals surface area (Å²) in [7, 11) is 1.56. The van der Waals surface area contributed by atoms with Gasteiger partial charge in [-0.05, 0) is 18.0 Å². The van der Waals surface area contributed by atoms with Gasteiger partial charge in [-0.25, -0.2) is 0 Å². The minimum Gasteiger partial charge on any atom is -0.390 e. The van der Waals surface area contributed by atoms with Crippen molar-refractivity contribution in [2.24, 2.45) is 0 Å². The van der Waals surface area contributed by atoms with Crippen LogP contribution in [0.1, 0.15) is 31.6 Å². The number of rotatable bonds is 5. The highest BCUT2D eigenvalue weighted by Crippen LogP contribution is 2.16. The third-order valence-corrected chi connectivity index (χ3v) is 3.12. The van der Waals surface area contributed by atoms with Crippen LogP contribution in [0.5, 0.6) is 0 Å². The third-order valence-electron chi connectivity index (χ3n) is 3.12. The zero-order chi connectivity index (χ0) is 12.8. The van der Waals surface area contributed by atoms with Gasteiger partial charge in [-0.3, -0.25) is 0 Å². The molecule has 1 aromatic rings. The number of ether oxygens (including phenoxy) is 1. The van der Waals surface area contributed by atoms with E-state index in [1.165, 1.54) is 25.7 Å². The van der Waals surface area contributed by atoms with Gasteiger partial charge in [-0.1, -0.05) is 12.8 Å². The lowest BCUT2D eigenvalue weighted by Crippen LogP contribution is -2.25. The summed E-state index contributed by atoms with van der Waals surface area (Å²) in [5.41, 5.74) is 0. The van der Waals surface area contributed by atoms with Crippen molar-refractivity contribution in [1.29, 1.82) is 0 Å². The van der Waals surface area contributed by atoms with E-state index in [-0.39, 0.29) is 6.61 Å². The van der Waals surface area contributed by atoms with E-state index in [2.05, 4.69) is 15.0 Å². The summed E-state index contributed by atoms with van der Waals surface area (Å²) in [6.45, 7) is 2.25. The second-order valence-electron chi connectivity index (χ2n) is 4.70. The molecule has 1 atom stereocenters. The summed E-state index contributed by atoms with van der Waals surface area (Å²) >= 11 is 0. The van der Waals surface area contributed by atoms with Crippen LogP contribution in [0.3, 0.4) is 0 Å². The molecule has 0 saturated carbocycles. The number of nitrogens with zero attached hydrogens (tertiary/aromatic N) is 3. The maximum absolute atomic E-state index is 9.60. The van der Waals surface area contributed by atoms with Gasteiger partial charge in [0, 0.05) is 20.2 Å².